The van der Waals surface area contributed by atoms with Gasteiger partial charge in [0.25, 0.3) is 11.1 Å². The van der Waals surface area contributed by atoms with Crippen LogP contribution in [0, 0.1) is 0 Å². The van der Waals surface area contributed by atoms with Crippen LogP contribution in [-0.2, 0) is 4.79 Å². The van der Waals surface area contributed by atoms with E-state index in [1.165, 1.54) is 23.1 Å². The molecular weight excluding hydrogens is 470 g/mol. The van der Waals surface area contributed by atoms with Crippen molar-refractivity contribution in [1.82, 2.24) is 15.5 Å². The summed E-state index contributed by atoms with van der Waals surface area (Å²) in [5.74, 6) is 1.78. The van der Waals surface area contributed by atoms with Crippen LogP contribution in [0.4, 0.5) is 0 Å². The average Bonchev–Trinajstić information content (AvgIpc) is 3.42. The Bertz CT molecular complexity index is 1290. The van der Waals surface area contributed by atoms with Crippen molar-refractivity contribution in [3.63, 3.8) is 0 Å². The third-order valence-electron chi connectivity index (χ3n) is 4.91. The highest BCUT2D eigenvalue weighted by molar-refractivity contribution is 7.99. The number of carbonyl (C=O) groups is 1. The highest BCUT2D eigenvalue weighted by Gasteiger charge is 2.19. The summed E-state index contributed by atoms with van der Waals surface area (Å²) >= 11 is 9.16. The molecule has 1 aliphatic heterocycles. The third-order valence-corrected chi connectivity index (χ3v) is 7.39. The van der Waals surface area contributed by atoms with E-state index in [1.54, 1.807) is 0 Å². The number of thioether (sulfide) groups is 1. The number of hydrogen-bond acceptors (Lipinski definition) is 8. The van der Waals surface area contributed by atoms with Gasteiger partial charge in [0.1, 0.15) is 18.1 Å². The monoisotopic (exact) mass is 487 g/mol. The number of ether oxygens (including phenoxy) is 2. The van der Waals surface area contributed by atoms with Crippen LogP contribution in [-0.4, -0.2) is 35.1 Å². The molecule has 10 heteroatoms. The molecule has 0 saturated heterocycles. The number of halogens is 1. The molecule has 1 N–H and O–H groups in total. The van der Waals surface area contributed by atoms with Crippen molar-refractivity contribution >= 4 is 50.7 Å². The van der Waals surface area contributed by atoms with E-state index in [4.69, 9.17) is 25.5 Å². The number of thiophene rings is 1. The minimum atomic E-state index is -0.186. The third kappa shape index (κ3) is 4.28. The summed E-state index contributed by atoms with van der Waals surface area (Å²) in [7, 11) is 0. The summed E-state index contributed by atoms with van der Waals surface area (Å²) in [6.07, 6.45) is 0. The minimum absolute atomic E-state index is 0.142. The second kappa shape index (κ2) is 9.01. The molecule has 3 heterocycles. The molecule has 164 valence electrons. The molecule has 32 heavy (non-hydrogen) atoms. The van der Waals surface area contributed by atoms with Crippen LogP contribution in [0.1, 0.15) is 18.5 Å². The van der Waals surface area contributed by atoms with E-state index >= 15 is 0 Å². The number of benzene rings is 2. The van der Waals surface area contributed by atoms with Crippen molar-refractivity contribution in [3.8, 4) is 22.3 Å². The summed E-state index contributed by atoms with van der Waals surface area (Å²) in [5, 5.41) is 13.0. The molecule has 0 bridgehead atoms. The SMILES string of the molecule is C[C@@H](NC(=O)CSc1nnc(-c2sc3ccccc3c2Cl)o1)c1ccc2c(c1)OCCO2. The number of fused-ring (bicyclic) bond motifs is 2. The second-order valence-electron chi connectivity index (χ2n) is 7.10. The Morgan fingerprint density at radius 1 is 1.19 bits per heavy atom. The second-order valence-corrected chi connectivity index (χ2v) is 9.45. The van der Waals surface area contributed by atoms with Crippen molar-refractivity contribution in [3.05, 3.63) is 53.1 Å². The molecule has 0 saturated carbocycles. The molecule has 0 radical (unpaired) electrons. The van der Waals surface area contributed by atoms with Gasteiger partial charge < -0.3 is 19.2 Å². The van der Waals surface area contributed by atoms with E-state index in [1.807, 2.05) is 49.4 Å². The zero-order chi connectivity index (χ0) is 22.1. The maximum atomic E-state index is 12.4. The Labute approximate surface area is 197 Å². The van der Waals surface area contributed by atoms with Gasteiger partial charge in [-0.2, -0.15) is 0 Å². The number of amides is 1. The molecule has 0 fully saturated rings. The molecule has 7 nitrogen and oxygen atoms in total. The van der Waals surface area contributed by atoms with Crippen LogP contribution >= 0.6 is 34.7 Å². The summed E-state index contributed by atoms with van der Waals surface area (Å²) in [5.41, 5.74) is 0.937. The van der Waals surface area contributed by atoms with Crippen molar-refractivity contribution in [2.45, 2.75) is 18.2 Å². The lowest BCUT2D eigenvalue weighted by Crippen LogP contribution is -2.28. The van der Waals surface area contributed by atoms with E-state index < -0.39 is 0 Å². The van der Waals surface area contributed by atoms with E-state index in [2.05, 4.69) is 15.5 Å². The first kappa shape index (κ1) is 21.1. The molecule has 2 aromatic heterocycles. The number of nitrogens with zero attached hydrogens (tertiary/aromatic N) is 2. The first-order chi connectivity index (χ1) is 15.6. The molecule has 0 aliphatic carbocycles. The fraction of sp³-hybridized carbons (Fsp3) is 0.227. The predicted molar refractivity (Wildman–Crippen MR) is 125 cm³/mol. The van der Waals surface area contributed by atoms with Crippen molar-refractivity contribution in [2.75, 3.05) is 19.0 Å². The van der Waals surface area contributed by atoms with Gasteiger partial charge in [0.15, 0.2) is 11.5 Å². The Morgan fingerprint density at radius 3 is 2.84 bits per heavy atom. The normalized spacial score (nSPS) is 13.8. The van der Waals surface area contributed by atoms with Gasteiger partial charge in [0, 0.05) is 10.1 Å². The number of hydrogen-bond donors (Lipinski definition) is 1. The van der Waals surface area contributed by atoms with Crippen LogP contribution in [0.3, 0.4) is 0 Å². The van der Waals surface area contributed by atoms with E-state index in [0.717, 1.165) is 26.3 Å². The zero-order valence-corrected chi connectivity index (χ0v) is 19.4. The highest BCUT2D eigenvalue weighted by atomic mass is 35.5. The van der Waals surface area contributed by atoms with Gasteiger partial charge in [-0.3, -0.25) is 4.79 Å². The topological polar surface area (TPSA) is 86.5 Å². The van der Waals surface area contributed by atoms with E-state index in [9.17, 15) is 4.79 Å². The molecule has 5 rings (SSSR count). The van der Waals surface area contributed by atoms with Gasteiger partial charge in [-0.25, -0.2) is 0 Å². The molecule has 0 unspecified atom stereocenters. The largest absolute Gasteiger partial charge is 0.486 e. The highest BCUT2D eigenvalue weighted by Crippen LogP contribution is 2.41. The van der Waals surface area contributed by atoms with Crippen molar-refractivity contribution in [2.24, 2.45) is 0 Å². The molecule has 1 amide bonds. The summed E-state index contributed by atoms with van der Waals surface area (Å²) < 4.78 is 17.9. The van der Waals surface area contributed by atoms with Crippen LogP contribution < -0.4 is 14.8 Å². The Kier molecular flexibility index (Phi) is 5.95. The lowest BCUT2D eigenvalue weighted by molar-refractivity contribution is -0.119. The van der Waals surface area contributed by atoms with Gasteiger partial charge in [0.2, 0.25) is 5.91 Å². The number of carbonyl (C=O) groups excluding carboxylic acids is 1. The van der Waals surface area contributed by atoms with Crippen LogP contribution in [0.25, 0.3) is 20.9 Å². The van der Waals surface area contributed by atoms with Gasteiger partial charge in [-0.05, 0) is 30.7 Å². The predicted octanol–water partition coefficient (Wildman–Crippen LogP) is 5.35. The van der Waals surface area contributed by atoms with Crippen molar-refractivity contribution in [1.29, 1.82) is 0 Å². The van der Waals surface area contributed by atoms with Gasteiger partial charge in [-0.15, -0.1) is 21.5 Å². The van der Waals surface area contributed by atoms with Crippen LogP contribution in [0.2, 0.25) is 5.02 Å². The standard InChI is InChI=1S/C22H18ClN3O4S2/c1-12(13-6-7-15-16(10-13)29-9-8-28-15)24-18(27)11-31-22-26-25-21(30-22)20-19(23)14-4-2-3-5-17(14)32-20/h2-7,10,12H,8-9,11H2,1H3,(H,24,27)/t12-/m1/s1. The zero-order valence-electron chi connectivity index (χ0n) is 17.0. The molecule has 2 aromatic carbocycles. The molecule has 1 atom stereocenters. The molecule has 1 aliphatic rings. The fourth-order valence-electron chi connectivity index (χ4n) is 3.33. The fourth-order valence-corrected chi connectivity index (χ4v) is 5.34. The first-order valence-electron chi connectivity index (χ1n) is 9.91. The van der Waals surface area contributed by atoms with Crippen LogP contribution in [0.5, 0.6) is 11.5 Å². The number of nitrogens with one attached hydrogen (secondary N) is 1. The molecule has 0 spiro atoms. The number of aromatic nitrogens is 2. The molecular formula is C22H18ClN3O4S2. The average molecular weight is 488 g/mol. The Morgan fingerprint density at radius 2 is 2.00 bits per heavy atom. The summed E-state index contributed by atoms with van der Waals surface area (Å²) in [6, 6.07) is 13.3. The number of rotatable bonds is 6. The maximum Gasteiger partial charge on any atom is 0.277 e. The summed E-state index contributed by atoms with van der Waals surface area (Å²) in [4.78, 5) is 13.2. The quantitative estimate of drug-likeness (QED) is 0.367. The minimum Gasteiger partial charge on any atom is -0.486 e. The first-order valence-corrected chi connectivity index (χ1v) is 12.1. The van der Waals surface area contributed by atoms with Gasteiger partial charge in [-0.1, -0.05) is 47.6 Å². The van der Waals surface area contributed by atoms with Crippen LogP contribution in [0.15, 0.2) is 52.1 Å². The summed E-state index contributed by atoms with van der Waals surface area (Å²) in [6.45, 7) is 2.98. The Hall–Kier alpha value is -2.75. The van der Waals surface area contributed by atoms with Gasteiger partial charge in [0.05, 0.1) is 16.8 Å². The van der Waals surface area contributed by atoms with E-state index in [0.29, 0.717) is 35.1 Å². The lowest BCUT2D eigenvalue weighted by Gasteiger charge is -2.21. The lowest BCUT2D eigenvalue weighted by atomic mass is 10.1. The van der Waals surface area contributed by atoms with E-state index in [-0.39, 0.29) is 17.7 Å². The Balaban J connectivity index is 1.20. The maximum absolute atomic E-state index is 12.4. The molecule has 4 aromatic rings. The smallest absolute Gasteiger partial charge is 0.277 e. The van der Waals surface area contributed by atoms with Gasteiger partial charge >= 0.3 is 0 Å². The van der Waals surface area contributed by atoms with Crippen molar-refractivity contribution < 1.29 is 18.7 Å².